The second kappa shape index (κ2) is 19.7. The van der Waals surface area contributed by atoms with E-state index in [2.05, 4.69) is 36.5 Å². The number of para-hydroxylation sites is 4. The summed E-state index contributed by atoms with van der Waals surface area (Å²) in [4.78, 5) is 4.20. The molecule has 0 aliphatic heterocycles. The number of nitrogens with zero attached hydrogens (tertiary/aromatic N) is 1. The molecule has 7 aromatic carbocycles. The Balaban J connectivity index is 0.000000926. The van der Waals surface area contributed by atoms with Gasteiger partial charge in [-0.2, -0.15) is 0 Å². The fraction of sp³-hybridized carbons (Fsp3) is 0.167. The number of benzene rings is 7. The van der Waals surface area contributed by atoms with Gasteiger partial charge < -0.3 is 41.4 Å². The van der Waals surface area contributed by atoms with Crippen LogP contribution in [0.1, 0.15) is 38.8 Å². The summed E-state index contributed by atoms with van der Waals surface area (Å²) in [5.74, 6) is 1.41. The highest BCUT2D eigenvalue weighted by Crippen LogP contribution is 2.45. The Morgan fingerprint density at radius 3 is 1.61 bits per heavy atom. The summed E-state index contributed by atoms with van der Waals surface area (Å²) in [6.07, 6.45) is 1.89. The molecule has 2 aromatic heterocycles. The Bertz CT molecular complexity index is 3350. The molecule has 3 N–H and O–H groups in total. The van der Waals surface area contributed by atoms with Crippen LogP contribution in [0.3, 0.4) is 0 Å². The van der Waals surface area contributed by atoms with Gasteiger partial charge in [0.25, 0.3) is 0 Å². The molecule has 66 heavy (non-hydrogen) atoms. The molecule has 0 fully saturated rings. The van der Waals surface area contributed by atoms with Gasteiger partial charge in [-0.3, -0.25) is 4.99 Å². The van der Waals surface area contributed by atoms with E-state index in [1.54, 1.807) is 13.8 Å². The molecule has 0 amide bonds. The van der Waals surface area contributed by atoms with Crippen LogP contribution in [0.15, 0.2) is 186 Å². The zero-order valence-corrected chi connectivity index (χ0v) is 39.4. The second-order valence-electron chi connectivity index (χ2n) is 17.0. The average Bonchev–Trinajstić information content (AvgIpc) is 3.58. The van der Waals surface area contributed by atoms with Gasteiger partial charge in [-0.05, 0) is 99.3 Å². The van der Waals surface area contributed by atoms with Gasteiger partial charge in [0.1, 0.15) is 34.7 Å². The van der Waals surface area contributed by atoms with Crippen molar-refractivity contribution in [3.8, 4) is 5.75 Å². The number of allylic oxidation sites excluding steroid dienone is 1. The smallest absolute Gasteiger partial charge is 0.453 e. The lowest BCUT2D eigenvalue weighted by Crippen LogP contribution is -2.35. The summed E-state index contributed by atoms with van der Waals surface area (Å²) < 4.78 is 47.0. The molecule has 0 bridgehead atoms. The Labute approximate surface area is 384 Å². The summed E-state index contributed by atoms with van der Waals surface area (Å²) in [5.41, 5.74) is 8.47. The highest BCUT2D eigenvalue weighted by Gasteiger charge is 2.24. The molecule has 9 rings (SSSR count). The van der Waals surface area contributed by atoms with Crippen LogP contribution < -0.4 is 25.2 Å². The predicted octanol–water partition coefficient (Wildman–Crippen LogP) is 13.0. The van der Waals surface area contributed by atoms with Crippen LogP contribution in [-0.2, 0) is 4.74 Å². The van der Waals surface area contributed by atoms with Crippen LogP contribution in [0.5, 0.6) is 5.75 Å². The maximum Gasteiger partial charge on any atom is 0.453 e. The molecule has 0 aliphatic rings. The second-order valence-corrected chi connectivity index (χ2v) is 19.0. The standard InChI is InChI=1S/C50H41NO7P2.C4H11NO/c1-33-30-35-18-6-8-20-37(35)47(48(33)57-59-53-43-26-14-10-22-39(43)40-23-11-15-27-44(40)54-59)49(38-21-9-7-19-36(38)31-34(2)52-32-50(3,4)51-5)58-60-55-45-28-16-12-24-41(45)42-25-13-17-29-46(42)56-60;1-4(2,5)3-6/h6-31H,2,5,32H2,1,3-4H3;6H,3,5H2,1-2H3/b36-31-,49-38-;. The molecule has 0 radical (unpaired) electrons. The third kappa shape index (κ3) is 10.4. The molecule has 0 unspecified atom stereocenters. The van der Waals surface area contributed by atoms with Crippen LogP contribution in [0.2, 0.25) is 0 Å². The number of aryl methyl sites for hydroxylation is 1. The highest BCUT2D eigenvalue weighted by atomic mass is 31.1. The zero-order chi connectivity index (χ0) is 46.4. The normalized spacial score (nSPS) is 12.4. The van der Waals surface area contributed by atoms with Crippen LogP contribution in [-0.4, -0.2) is 36.1 Å². The Morgan fingerprint density at radius 2 is 1.11 bits per heavy atom. The van der Waals surface area contributed by atoms with E-state index in [9.17, 15) is 0 Å². The molecule has 9 aromatic rings. The van der Waals surface area contributed by atoms with E-state index in [0.29, 0.717) is 51.8 Å². The van der Waals surface area contributed by atoms with Gasteiger partial charge >= 0.3 is 16.5 Å². The summed E-state index contributed by atoms with van der Waals surface area (Å²) >= 11 is 0. The summed E-state index contributed by atoms with van der Waals surface area (Å²) in [6.45, 7) is 17.8. The number of nitrogens with two attached hydrogens (primary N) is 1. The largest absolute Gasteiger partial charge is 0.492 e. The van der Waals surface area contributed by atoms with Crippen molar-refractivity contribution in [2.24, 2.45) is 10.7 Å². The first-order chi connectivity index (χ1) is 31.8. The Hall–Kier alpha value is -6.93. The van der Waals surface area contributed by atoms with Crippen molar-refractivity contribution in [2.45, 2.75) is 45.7 Å². The van der Waals surface area contributed by atoms with Crippen LogP contribution in [0.25, 0.3) is 66.5 Å². The molecule has 0 atom stereocenters. The topological polar surface area (TPSA) is 139 Å². The van der Waals surface area contributed by atoms with Crippen LogP contribution >= 0.6 is 16.5 Å². The van der Waals surface area contributed by atoms with Crippen molar-refractivity contribution in [3.63, 3.8) is 0 Å². The maximum atomic E-state index is 8.28. The molecule has 12 heteroatoms. The fourth-order valence-corrected chi connectivity index (χ4v) is 9.28. The molecule has 336 valence electrons. The van der Waals surface area contributed by atoms with Crippen molar-refractivity contribution in [3.05, 3.63) is 186 Å². The first-order valence-corrected chi connectivity index (χ1v) is 23.6. The Kier molecular flexibility index (Phi) is 13.6. The minimum atomic E-state index is -2.12. The quantitative estimate of drug-likeness (QED) is 0.0959. The summed E-state index contributed by atoms with van der Waals surface area (Å²) in [6, 6.07) is 49.6. The summed E-state index contributed by atoms with van der Waals surface area (Å²) in [7, 11) is -4.17. The molecular formula is C54H52N2O8P2. The van der Waals surface area contributed by atoms with Crippen molar-refractivity contribution in [2.75, 3.05) is 13.2 Å². The highest BCUT2D eigenvalue weighted by molar-refractivity contribution is 7.32. The van der Waals surface area contributed by atoms with Crippen molar-refractivity contribution in [1.29, 1.82) is 0 Å². The molecule has 2 heterocycles. The van der Waals surface area contributed by atoms with E-state index in [-0.39, 0.29) is 6.61 Å². The van der Waals surface area contributed by atoms with E-state index in [1.807, 2.05) is 160 Å². The fourth-order valence-electron chi connectivity index (χ4n) is 7.06. The van der Waals surface area contributed by atoms with Gasteiger partial charge in [-0.15, -0.1) is 0 Å². The number of aliphatic imine (C=N–C) groups is 1. The van der Waals surface area contributed by atoms with Gasteiger partial charge in [0.15, 0.2) is 11.5 Å². The minimum Gasteiger partial charge on any atom is -0.492 e. The minimum absolute atomic E-state index is 0.0486. The third-order valence-corrected chi connectivity index (χ3v) is 12.6. The van der Waals surface area contributed by atoms with E-state index < -0.39 is 27.6 Å². The lowest BCUT2D eigenvalue weighted by molar-refractivity contribution is 0.177. The van der Waals surface area contributed by atoms with Crippen LogP contribution in [0, 0.1) is 6.92 Å². The number of ether oxygens (including phenoxy) is 1. The monoisotopic (exact) mass is 918 g/mol. The van der Waals surface area contributed by atoms with Gasteiger partial charge in [0.2, 0.25) is 0 Å². The van der Waals surface area contributed by atoms with Gasteiger partial charge in [0, 0.05) is 32.3 Å². The summed E-state index contributed by atoms with van der Waals surface area (Å²) in [5, 5.41) is 15.3. The average molecular weight is 919 g/mol. The number of fused-ring (bicyclic) bond motifs is 7. The number of hydrogen-bond acceptors (Lipinski definition) is 10. The molecule has 0 saturated carbocycles. The molecule has 0 spiro atoms. The van der Waals surface area contributed by atoms with E-state index in [1.165, 1.54) is 0 Å². The number of hydrogen-bond donors (Lipinski definition) is 2. The molecular weight excluding hydrogens is 867 g/mol. The first-order valence-electron chi connectivity index (χ1n) is 21.4. The lowest BCUT2D eigenvalue weighted by Gasteiger charge is -2.19. The predicted molar refractivity (Wildman–Crippen MR) is 271 cm³/mol. The van der Waals surface area contributed by atoms with Crippen molar-refractivity contribution >= 4 is 89.7 Å². The number of aliphatic hydroxyl groups excluding tert-OH is 1. The zero-order valence-electron chi connectivity index (χ0n) is 37.6. The van der Waals surface area contributed by atoms with Crippen molar-refractivity contribution < 1.29 is 35.7 Å². The SMILES string of the molecule is C=NC(C)(C)COC(=C)/C=c1/cccc/c1=C(/Op1oc2ccccc2c2ccccc2o1)c1c(Op2oc3ccccc3c3ccccc3o2)c(C)cc2ccccc12.CC(C)(N)CO. The number of rotatable bonds is 11. The van der Waals surface area contributed by atoms with E-state index in [4.69, 9.17) is 41.4 Å². The molecule has 10 nitrogen and oxygen atoms in total. The van der Waals surface area contributed by atoms with Gasteiger partial charge in [-0.25, -0.2) is 0 Å². The first kappa shape index (κ1) is 45.6. The molecule has 0 aliphatic carbocycles. The number of aliphatic hydroxyl groups is 1. The Morgan fingerprint density at radius 1 is 0.667 bits per heavy atom. The van der Waals surface area contributed by atoms with Crippen molar-refractivity contribution in [1.82, 2.24) is 0 Å². The van der Waals surface area contributed by atoms with Gasteiger partial charge in [0.05, 0.1) is 17.7 Å². The lowest BCUT2D eigenvalue weighted by atomic mass is 9.97. The van der Waals surface area contributed by atoms with Crippen LogP contribution in [0.4, 0.5) is 0 Å². The third-order valence-electron chi connectivity index (χ3n) is 10.5. The maximum absolute atomic E-state index is 8.28. The van der Waals surface area contributed by atoms with E-state index >= 15 is 0 Å². The molecule has 0 saturated heterocycles. The van der Waals surface area contributed by atoms with Gasteiger partial charge in [-0.1, -0.05) is 128 Å². The van der Waals surface area contributed by atoms with E-state index in [0.717, 1.165) is 48.3 Å².